The Labute approximate surface area is 60.5 Å². The molecular weight excluding hydrogens is 128 g/mol. The maximum Gasteiger partial charge on any atom is 0.105 e. The van der Waals surface area contributed by atoms with E-state index in [1.54, 1.807) is 12.2 Å². The molecule has 0 aromatic carbocycles. The summed E-state index contributed by atoms with van der Waals surface area (Å²) in [4.78, 5) is 0. The lowest BCUT2D eigenvalue weighted by Gasteiger charge is -2.19. The van der Waals surface area contributed by atoms with E-state index in [-0.39, 0.29) is 0 Å². The van der Waals surface area contributed by atoms with E-state index in [4.69, 9.17) is 5.11 Å². The summed E-state index contributed by atoms with van der Waals surface area (Å²) >= 11 is 0. The van der Waals surface area contributed by atoms with Gasteiger partial charge >= 0.3 is 0 Å². The Kier molecular flexibility index (Phi) is 2.25. The van der Waals surface area contributed by atoms with E-state index in [1.807, 2.05) is 13.0 Å². The van der Waals surface area contributed by atoms with Gasteiger partial charge in [0.15, 0.2) is 0 Å². The summed E-state index contributed by atoms with van der Waals surface area (Å²) < 4.78 is 0. The van der Waals surface area contributed by atoms with Crippen molar-refractivity contribution in [2.45, 2.75) is 25.6 Å². The third-order valence-electron chi connectivity index (χ3n) is 1.73. The molecule has 1 rings (SSSR count). The smallest absolute Gasteiger partial charge is 0.105 e. The number of allylic oxidation sites excluding steroid dienone is 2. The molecule has 0 amide bonds. The molecule has 0 fully saturated rings. The first-order valence-electron chi connectivity index (χ1n) is 3.49. The maximum atomic E-state index is 9.27. The molecule has 56 valence electrons. The summed E-state index contributed by atoms with van der Waals surface area (Å²) in [5.74, 6) is 0. The molecule has 1 aliphatic rings. The van der Waals surface area contributed by atoms with E-state index >= 15 is 0 Å². The maximum absolute atomic E-state index is 9.27. The summed E-state index contributed by atoms with van der Waals surface area (Å²) in [6, 6.07) is 0. The Morgan fingerprint density at radius 3 is 2.70 bits per heavy atom. The predicted octanol–water partition coefficient (Wildman–Crippen LogP) is 0.614. The van der Waals surface area contributed by atoms with Crippen molar-refractivity contribution in [2.24, 2.45) is 0 Å². The van der Waals surface area contributed by atoms with Gasteiger partial charge in [0, 0.05) is 0 Å². The van der Waals surface area contributed by atoms with Gasteiger partial charge in [-0.2, -0.15) is 0 Å². The van der Waals surface area contributed by atoms with Gasteiger partial charge in [-0.05, 0) is 12.0 Å². The molecule has 0 spiro atoms. The molecule has 10 heavy (non-hydrogen) atoms. The van der Waals surface area contributed by atoms with Gasteiger partial charge in [0.2, 0.25) is 0 Å². The number of aliphatic hydroxyl groups is 2. The molecule has 0 saturated heterocycles. The molecule has 2 nitrogen and oxygen atoms in total. The molecule has 0 aliphatic heterocycles. The molecular formula is C8H12O2. The molecule has 0 unspecified atom stereocenters. The highest BCUT2D eigenvalue weighted by Gasteiger charge is 2.18. The van der Waals surface area contributed by atoms with Crippen molar-refractivity contribution in [3.63, 3.8) is 0 Å². The predicted molar refractivity (Wildman–Crippen MR) is 39.5 cm³/mol. The minimum Gasteiger partial charge on any atom is -0.386 e. The Morgan fingerprint density at radius 1 is 1.50 bits per heavy atom. The van der Waals surface area contributed by atoms with E-state index in [0.29, 0.717) is 0 Å². The summed E-state index contributed by atoms with van der Waals surface area (Å²) in [5.41, 5.74) is 0.898. The van der Waals surface area contributed by atoms with Crippen molar-refractivity contribution >= 4 is 0 Å². The van der Waals surface area contributed by atoms with Crippen LogP contribution in [0.4, 0.5) is 0 Å². The standard InChI is InChI=1S/C8H12O2/c1-2-6-4-3-5-7(9)8(6)10/h3-5,7-10H,2H2,1H3/t7-,8+/m0/s1. The lowest BCUT2D eigenvalue weighted by Crippen LogP contribution is -2.27. The van der Waals surface area contributed by atoms with Crippen molar-refractivity contribution in [3.8, 4) is 0 Å². The van der Waals surface area contributed by atoms with Crippen LogP contribution < -0.4 is 0 Å². The van der Waals surface area contributed by atoms with Crippen LogP contribution in [0, 0.1) is 0 Å². The third-order valence-corrected chi connectivity index (χ3v) is 1.73. The average Bonchev–Trinajstić information content (AvgIpc) is 1.95. The number of rotatable bonds is 1. The normalized spacial score (nSPS) is 32.1. The van der Waals surface area contributed by atoms with Crippen LogP contribution >= 0.6 is 0 Å². The first-order valence-corrected chi connectivity index (χ1v) is 3.49. The van der Waals surface area contributed by atoms with Crippen LogP contribution in [-0.4, -0.2) is 22.4 Å². The lowest BCUT2D eigenvalue weighted by atomic mass is 9.97. The summed E-state index contributed by atoms with van der Waals surface area (Å²) in [6.45, 7) is 1.96. The minimum atomic E-state index is -0.708. The van der Waals surface area contributed by atoms with Gasteiger partial charge in [-0.15, -0.1) is 0 Å². The van der Waals surface area contributed by atoms with Gasteiger partial charge in [-0.3, -0.25) is 0 Å². The molecule has 0 bridgehead atoms. The van der Waals surface area contributed by atoms with E-state index in [0.717, 1.165) is 12.0 Å². The molecule has 0 aromatic heterocycles. The zero-order valence-electron chi connectivity index (χ0n) is 5.99. The zero-order valence-corrected chi connectivity index (χ0v) is 5.99. The third kappa shape index (κ3) is 1.28. The first kappa shape index (κ1) is 7.51. The number of hydrogen-bond acceptors (Lipinski definition) is 2. The highest BCUT2D eigenvalue weighted by molar-refractivity contribution is 5.24. The molecule has 1 aliphatic carbocycles. The quantitative estimate of drug-likeness (QED) is 0.560. The van der Waals surface area contributed by atoms with Crippen LogP contribution in [-0.2, 0) is 0 Å². The second-order valence-corrected chi connectivity index (χ2v) is 2.42. The van der Waals surface area contributed by atoms with Gasteiger partial charge in [0.05, 0.1) is 0 Å². The van der Waals surface area contributed by atoms with E-state index in [2.05, 4.69) is 0 Å². The van der Waals surface area contributed by atoms with Gasteiger partial charge in [0.25, 0.3) is 0 Å². The van der Waals surface area contributed by atoms with Crippen molar-refractivity contribution in [3.05, 3.63) is 23.8 Å². The fourth-order valence-electron chi connectivity index (χ4n) is 1.04. The molecule has 0 heterocycles. The molecule has 2 N–H and O–H groups in total. The second kappa shape index (κ2) is 2.99. The summed E-state index contributed by atoms with van der Waals surface area (Å²) in [7, 11) is 0. The number of hydrogen-bond donors (Lipinski definition) is 2. The molecule has 0 aromatic rings. The highest BCUT2D eigenvalue weighted by Crippen LogP contribution is 2.15. The van der Waals surface area contributed by atoms with Crippen molar-refractivity contribution in [1.29, 1.82) is 0 Å². The monoisotopic (exact) mass is 140 g/mol. The fraction of sp³-hybridized carbons (Fsp3) is 0.500. The van der Waals surface area contributed by atoms with Crippen LogP contribution in [0.2, 0.25) is 0 Å². The van der Waals surface area contributed by atoms with Gasteiger partial charge in [-0.25, -0.2) is 0 Å². The zero-order chi connectivity index (χ0) is 7.56. The second-order valence-electron chi connectivity index (χ2n) is 2.42. The topological polar surface area (TPSA) is 40.5 Å². The molecule has 2 heteroatoms. The SMILES string of the molecule is CCC1=CC=C[C@H](O)[C@@H]1O. The molecule has 2 atom stereocenters. The summed E-state index contributed by atoms with van der Waals surface area (Å²) in [5, 5.41) is 18.4. The summed E-state index contributed by atoms with van der Waals surface area (Å²) in [6.07, 6.45) is 4.61. The average molecular weight is 140 g/mol. The van der Waals surface area contributed by atoms with Crippen LogP contribution in [0.25, 0.3) is 0 Å². The van der Waals surface area contributed by atoms with E-state index < -0.39 is 12.2 Å². The largest absolute Gasteiger partial charge is 0.386 e. The van der Waals surface area contributed by atoms with E-state index in [9.17, 15) is 5.11 Å². The van der Waals surface area contributed by atoms with Crippen molar-refractivity contribution in [1.82, 2.24) is 0 Å². The van der Waals surface area contributed by atoms with Crippen LogP contribution in [0.5, 0.6) is 0 Å². The van der Waals surface area contributed by atoms with E-state index in [1.165, 1.54) is 0 Å². The Morgan fingerprint density at radius 2 is 2.20 bits per heavy atom. The van der Waals surface area contributed by atoms with Crippen LogP contribution in [0.1, 0.15) is 13.3 Å². The van der Waals surface area contributed by atoms with Crippen molar-refractivity contribution in [2.75, 3.05) is 0 Å². The Bertz CT molecular complexity index is 170. The van der Waals surface area contributed by atoms with Crippen molar-refractivity contribution < 1.29 is 10.2 Å². The van der Waals surface area contributed by atoms with Gasteiger partial charge in [0.1, 0.15) is 12.2 Å². The Hall–Kier alpha value is -0.600. The highest BCUT2D eigenvalue weighted by atomic mass is 16.3. The van der Waals surface area contributed by atoms with Crippen LogP contribution in [0.3, 0.4) is 0 Å². The molecule has 0 saturated carbocycles. The van der Waals surface area contributed by atoms with Gasteiger partial charge < -0.3 is 10.2 Å². The van der Waals surface area contributed by atoms with Crippen LogP contribution in [0.15, 0.2) is 23.8 Å². The van der Waals surface area contributed by atoms with Gasteiger partial charge in [-0.1, -0.05) is 25.2 Å². The number of aliphatic hydroxyl groups excluding tert-OH is 2. The first-order chi connectivity index (χ1) is 4.75. The minimum absolute atomic E-state index is 0.685. The molecule has 0 radical (unpaired) electrons. The fourth-order valence-corrected chi connectivity index (χ4v) is 1.04. The Balaban J connectivity index is 2.71. The lowest BCUT2D eigenvalue weighted by molar-refractivity contribution is 0.0697.